The van der Waals surface area contributed by atoms with Gasteiger partial charge in [0.05, 0.1) is 10.5 Å². The van der Waals surface area contributed by atoms with E-state index in [4.69, 9.17) is 0 Å². The fourth-order valence-electron chi connectivity index (χ4n) is 1.40. The summed E-state index contributed by atoms with van der Waals surface area (Å²) in [5.74, 6) is -3.24. The van der Waals surface area contributed by atoms with Gasteiger partial charge in [-0.2, -0.15) is 0 Å². The van der Waals surface area contributed by atoms with Crippen LogP contribution in [0.25, 0.3) is 5.76 Å². The van der Waals surface area contributed by atoms with Crippen molar-refractivity contribution in [3.63, 3.8) is 0 Å². The van der Waals surface area contributed by atoms with Crippen molar-refractivity contribution in [3.8, 4) is 0 Å². The third-order valence-corrected chi connectivity index (χ3v) is 2.10. The summed E-state index contributed by atoms with van der Waals surface area (Å²) < 4.78 is 0. The Balaban J connectivity index is 2.79. The van der Waals surface area contributed by atoms with Crippen molar-refractivity contribution in [2.75, 3.05) is 0 Å². The lowest BCUT2D eigenvalue weighted by Crippen LogP contribution is -2.28. The highest BCUT2D eigenvalue weighted by Crippen LogP contribution is 2.25. The van der Waals surface area contributed by atoms with Crippen LogP contribution >= 0.6 is 0 Å². The lowest BCUT2D eigenvalue weighted by Gasteiger charge is -2.10. The number of nitrogens with zero attached hydrogens (tertiary/aromatic N) is 2. The summed E-state index contributed by atoms with van der Waals surface area (Å²) in [5, 5.41) is 20.0. The van der Waals surface area contributed by atoms with Gasteiger partial charge >= 0.3 is 11.5 Å². The number of fused-ring (bicyclic) bond motifs is 1. The molecule has 0 spiro atoms. The maximum absolute atomic E-state index is 11.4. The number of pyridine rings is 1. The number of allylic oxidation sites excluding steroid dienone is 1. The molecule has 0 amide bonds. The molecule has 0 atom stereocenters. The Bertz CT molecular complexity index is 561. The first-order valence-electron chi connectivity index (χ1n) is 4.16. The first kappa shape index (κ1) is 9.97. The number of Topliss-reactive ketones (excluding diaryl/α,β-unsaturated/α-hetero) is 2. The summed E-state index contributed by atoms with van der Waals surface area (Å²) in [6.07, 6.45) is 1.26. The molecule has 0 radical (unpaired) electrons. The van der Waals surface area contributed by atoms with E-state index in [0.29, 0.717) is 0 Å². The highest BCUT2D eigenvalue weighted by atomic mass is 16.6. The monoisotopic (exact) mass is 220 g/mol. The molecule has 1 aromatic rings. The van der Waals surface area contributed by atoms with E-state index in [0.717, 1.165) is 0 Å². The molecular weight excluding hydrogens is 216 g/mol. The highest BCUT2D eigenvalue weighted by molar-refractivity contribution is 6.51. The minimum atomic E-state index is -1.33. The molecule has 0 bridgehead atoms. The average molecular weight is 220 g/mol. The summed E-state index contributed by atoms with van der Waals surface area (Å²) in [7, 11) is 0. The molecule has 1 aliphatic carbocycles. The molecule has 16 heavy (non-hydrogen) atoms. The van der Waals surface area contributed by atoms with Gasteiger partial charge < -0.3 is 5.11 Å². The lowest BCUT2D eigenvalue weighted by molar-refractivity contribution is -0.418. The summed E-state index contributed by atoms with van der Waals surface area (Å²) in [4.78, 5) is 35.8. The summed E-state index contributed by atoms with van der Waals surface area (Å²) in [6.45, 7) is 0. The van der Waals surface area contributed by atoms with Crippen LogP contribution in [0.15, 0.2) is 24.0 Å². The second-order valence-corrected chi connectivity index (χ2v) is 3.01. The van der Waals surface area contributed by atoms with Crippen molar-refractivity contribution in [1.82, 2.24) is 4.98 Å². The molecule has 2 rings (SSSR count). The van der Waals surface area contributed by atoms with Crippen LogP contribution < -0.4 is 0 Å². The van der Waals surface area contributed by atoms with Gasteiger partial charge in [0.15, 0.2) is 0 Å². The smallest absolute Gasteiger partial charge is 0.363 e. The molecule has 1 aliphatic rings. The van der Waals surface area contributed by atoms with E-state index in [1.165, 1.54) is 18.3 Å². The van der Waals surface area contributed by atoms with Gasteiger partial charge in [-0.15, -0.1) is 0 Å². The zero-order valence-corrected chi connectivity index (χ0v) is 7.71. The van der Waals surface area contributed by atoms with Crippen molar-refractivity contribution in [2.24, 2.45) is 0 Å². The number of ketones is 2. The van der Waals surface area contributed by atoms with Crippen molar-refractivity contribution < 1.29 is 19.6 Å². The van der Waals surface area contributed by atoms with Crippen LogP contribution in [0.2, 0.25) is 0 Å². The molecule has 0 aromatic carbocycles. The first-order chi connectivity index (χ1) is 7.54. The Labute approximate surface area is 88.2 Å². The molecule has 1 N–H and O–H groups in total. The third-order valence-electron chi connectivity index (χ3n) is 2.10. The van der Waals surface area contributed by atoms with Gasteiger partial charge in [0, 0.05) is 6.20 Å². The number of hydrogen-bond donors (Lipinski definition) is 1. The minimum absolute atomic E-state index is 0.129. The molecule has 7 nitrogen and oxygen atoms in total. The van der Waals surface area contributed by atoms with Gasteiger partial charge in [-0.25, -0.2) is 0 Å². The summed E-state index contributed by atoms with van der Waals surface area (Å²) in [6, 6.07) is 2.67. The zero-order valence-electron chi connectivity index (χ0n) is 7.71. The molecular formula is C9H4N2O5. The second-order valence-electron chi connectivity index (χ2n) is 3.01. The largest absolute Gasteiger partial charge is 0.500 e. The summed E-state index contributed by atoms with van der Waals surface area (Å²) in [5.41, 5.74) is -1.49. The molecule has 0 aliphatic heterocycles. The van der Waals surface area contributed by atoms with E-state index in [-0.39, 0.29) is 11.3 Å². The molecule has 7 heteroatoms. The zero-order chi connectivity index (χ0) is 11.9. The maximum Gasteiger partial charge on any atom is 0.363 e. The van der Waals surface area contributed by atoms with Gasteiger partial charge in [0.2, 0.25) is 11.5 Å². The van der Waals surface area contributed by atoms with Gasteiger partial charge in [-0.3, -0.25) is 24.7 Å². The van der Waals surface area contributed by atoms with Crippen LogP contribution in [-0.2, 0) is 4.79 Å². The molecule has 80 valence electrons. The standard InChI is InChI=1S/C9H4N2O5/c12-7-4-2-1-3-10-5(4)8(13)6(9(7)14)11(15)16/h1-3,13H. The molecule has 0 saturated heterocycles. The number of carbonyl (C=O) groups is 2. The van der Waals surface area contributed by atoms with Crippen LogP contribution in [0.3, 0.4) is 0 Å². The van der Waals surface area contributed by atoms with Gasteiger partial charge in [0.25, 0.3) is 0 Å². The minimum Gasteiger partial charge on any atom is -0.500 e. The number of aliphatic hydroxyl groups excluding tert-OH is 1. The number of rotatable bonds is 1. The van der Waals surface area contributed by atoms with E-state index in [9.17, 15) is 24.8 Å². The first-order valence-corrected chi connectivity index (χ1v) is 4.16. The average Bonchev–Trinajstić information content (AvgIpc) is 2.26. The SMILES string of the molecule is O=C1C(=O)c2cccnc2C(O)=C1[N+](=O)[O-]. The van der Waals surface area contributed by atoms with Crippen LogP contribution in [0, 0.1) is 10.1 Å². The van der Waals surface area contributed by atoms with Gasteiger partial charge in [-0.1, -0.05) is 0 Å². The number of hydrogen-bond acceptors (Lipinski definition) is 6. The van der Waals surface area contributed by atoms with E-state index in [2.05, 4.69) is 4.98 Å². The predicted octanol–water partition coefficient (Wildman–Crippen LogP) is 0.350. The van der Waals surface area contributed by atoms with E-state index in [1.54, 1.807) is 0 Å². The number of aromatic nitrogens is 1. The molecule has 0 saturated carbocycles. The van der Waals surface area contributed by atoms with E-state index < -0.39 is 27.9 Å². The van der Waals surface area contributed by atoms with Crippen LogP contribution in [0.1, 0.15) is 16.1 Å². The van der Waals surface area contributed by atoms with Crippen molar-refractivity contribution >= 4 is 17.3 Å². The van der Waals surface area contributed by atoms with Crippen LogP contribution in [-0.4, -0.2) is 26.6 Å². The van der Waals surface area contributed by atoms with Crippen LogP contribution in [0.4, 0.5) is 0 Å². The van der Waals surface area contributed by atoms with Crippen molar-refractivity contribution in [3.05, 3.63) is 45.4 Å². The fourth-order valence-corrected chi connectivity index (χ4v) is 1.40. The number of nitro groups is 1. The van der Waals surface area contributed by atoms with Gasteiger partial charge in [0.1, 0.15) is 5.69 Å². The summed E-state index contributed by atoms with van der Waals surface area (Å²) >= 11 is 0. The van der Waals surface area contributed by atoms with E-state index in [1.807, 2.05) is 0 Å². The number of aliphatic hydroxyl groups is 1. The second kappa shape index (κ2) is 3.23. The Kier molecular flexibility index (Phi) is 2.01. The molecule has 1 heterocycles. The topological polar surface area (TPSA) is 110 Å². The quantitative estimate of drug-likeness (QED) is 0.415. The maximum atomic E-state index is 11.4. The van der Waals surface area contributed by atoms with Crippen LogP contribution in [0.5, 0.6) is 0 Å². The Morgan fingerprint density at radius 1 is 1.31 bits per heavy atom. The van der Waals surface area contributed by atoms with E-state index >= 15 is 0 Å². The normalized spacial score (nSPS) is 15.0. The van der Waals surface area contributed by atoms with Crippen molar-refractivity contribution in [1.29, 1.82) is 0 Å². The molecule has 0 fully saturated rings. The third kappa shape index (κ3) is 1.18. The Morgan fingerprint density at radius 3 is 2.62 bits per heavy atom. The Hall–Kier alpha value is -2.57. The Morgan fingerprint density at radius 2 is 2.00 bits per heavy atom. The fraction of sp³-hybridized carbons (Fsp3) is 0. The van der Waals surface area contributed by atoms with Crippen molar-refractivity contribution in [2.45, 2.75) is 0 Å². The predicted molar refractivity (Wildman–Crippen MR) is 50.1 cm³/mol. The highest BCUT2D eigenvalue weighted by Gasteiger charge is 2.41. The molecule has 1 aromatic heterocycles. The number of carbonyl (C=O) groups excluding carboxylic acids is 2. The lowest BCUT2D eigenvalue weighted by atomic mass is 9.96. The molecule has 0 unspecified atom stereocenters. The van der Waals surface area contributed by atoms with Gasteiger partial charge in [-0.05, 0) is 12.1 Å².